The average molecular weight is 457 g/mol. The van der Waals surface area contributed by atoms with Crippen molar-refractivity contribution in [2.24, 2.45) is 17.8 Å². The van der Waals surface area contributed by atoms with Crippen molar-refractivity contribution >= 4 is 5.78 Å². The first kappa shape index (κ1) is 24.7. The van der Waals surface area contributed by atoms with Crippen LogP contribution in [0.3, 0.4) is 0 Å². The molecule has 4 rings (SSSR count). The second-order valence-corrected chi connectivity index (χ2v) is 10.5. The molecule has 2 fully saturated rings. The molecule has 1 saturated heterocycles. The van der Waals surface area contributed by atoms with Crippen LogP contribution in [-0.4, -0.2) is 31.9 Å². The van der Waals surface area contributed by atoms with Crippen molar-refractivity contribution in [3.63, 3.8) is 0 Å². The summed E-state index contributed by atoms with van der Waals surface area (Å²) in [5, 5.41) is 0. The Morgan fingerprint density at radius 3 is 2.67 bits per heavy atom. The zero-order valence-corrected chi connectivity index (χ0v) is 20.9. The number of Topliss-reactive ketones (excluding diaryl/α,β-unsaturated/α-hetero) is 1. The lowest BCUT2D eigenvalue weighted by Crippen LogP contribution is -2.28. The standard InChI is InChI=1S/C29H44O4/c1-3-4-5-12-23(33-29-16-8-9-17-32-29)13-6-7-14-24-25-18-21-11-10-15-28(31-2)26(21)19-22(25)20-27(24)30/h10-11,15,22-25,29H,3-9,12-14,16-20H2,1-2H3/t22-,23-,24?,25-,29?/m0/s1. The molecular formula is C29H44O4. The molecule has 5 atom stereocenters. The number of benzene rings is 1. The van der Waals surface area contributed by atoms with Gasteiger partial charge in [-0.25, -0.2) is 0 Å². The van der Waals surface area contributed by atoms with Crippen LogP contribution in [0.1, 0.15) is 95.1 Å². The van der Waals surface area contributed by atoms with Crippen molar-refractivity contribution < 1.29 is 19.0 Å². The molecule has 0 radical (unpaired) electrons. The minimum absolute atomic E-state index is 0.00171. The fraction of sp³-hybridized carbons (Fsp3) is 0.759. The summed E-state index contributed by atoms with van der Waals surface area (Å²) in [6.45, 7) is 3.10. The van der Waals surface area contributed by atoms with Gasteiger partial charge in [-0.1, -0.05) is 51.2 Å². The maximum Gasteiger partial charge on any atom is 0.157 e. The molecule has 3 aliphatic rings. The fourth-order valence-electron chi connectivity index (χ4n) is 6.45. The normalized spacial score (nSPS) is 27.8. The quantitative estimate of drug-likeness (QED) is 0.330. The molecule has 4 heteroatoms. The van der Waals surface area contributed by atoms with Crippen LogP contribution in [-0.2, 0) is 27.1 Å². The van der Waals surface area contributed by atoms with Crippen molar-refractivity contribution in [3.8, 4) is 5.75 Å². The number of unbranched alkanes of at least 4 members (excludes halogenated alkanes) is 3. The molecule has 2 unspecified atom stereocenters. The Morgan fingerprint density at radius 2 is 1.91 bits per heavy atom. The summed E-state index contributed by atoms with van der Waals surface area (Å²) in [5.74, 6) is 2.76. The van der Waals surface area contributed by atoms with Crippen LogP contribution in [0.2, 0.25) is 0 Å². The van der Waals surface area contributed by atoms with E-state index in [0.717, 1.165) is 76.6 Å². The van der Waals surface area contributed by atoms with E-state index < -0.39 is 0 Å². The minimum atomic E-state index is 0.00171. The molecule has 0 bridgehead atoms. The van der Waals surface area contributed by atoms with Crippen LogP contribution < -0.4 is 4.74 Å². The van der Waals surface area contributed by atoms with Gasteiger partial charge in [0.1, 0.15) is 11.5 Å². The van der Waals surface area contributed by atoms with E-state index in [4.69, 9.17) is 14.2 Å². The molecule has 4 nitrogen and oxygen atoms in total. The number of carbonyl (C=O) groups excluding carboxylic acids is 1. The lowest BCUT2D eigenvalue weighted by Gasteiger charge is -2.31. The number of ether oxygens (including phenoxy) is 3. The molecule has 1 aliphatic heterocycles. The molecule has 0 amide bonds. The van der Waals surface area contributed by atoms with E-state index in [1.165, 1.54) is 36.8 Å². The van der Waals surface area contributed by atoms with E-state index in [-0.39, 0.29) is 12.2 Å². The summed E-state index contributed by atoms with van der Waals surface area (Å²) in [5.41, 5.74) is 2.74. The second kappa shape index (κ2) is 12.4. The highest BCUT2D eigenvalue weighted by atomic mass is 16.7. The number of fused-ring (bicyclic) bond motifs is 2. The summed E-state index contributed by atoms with van der Waals surface area (Å²) in [4.78, 5) is 12.9. The molecule has 2 aliphatic carbocycles. The number of hydrogen-bond donors (Lipinski definition) is 0. The summed E-state index contributed by atoms with van der Waals surface area (Å²) >= 11 is 0. The number of methoxy groups -OCH3 is 1. The first-order valence-electron chi connectivity index (χ1n) is 13.6. The molecule has 1 heterocycles. The van der Waals surface area contributed by atoms with Crippen LogP contribution in [0.15, 0.2) is 18.2 Å². The van der Waals surface area contributed by atoms with E-state index >= 15 is 0 Å². The van der Waals surface area contributed by atoms with Crippen LogP contribution in [0.4, 0.5) is 0 Å². The summed E-state index contributed by atoms with van der Waals surface area (Å²) < 4.78 is 17.8. The Morgan fingerprint density at radius 1 is 1.06 bits per heavy atom. The number of carbonyl (C=O) groups is 1. The number of hydrogen-bond acceptors (Lipinski definition) is 4. The highest BCUT2D eigenvalue weighted by Crippen LogP contribution is 2.46. The van der Waals surface area contributed by atoms with Gasteiger partial charge < -0.3 is 14.2 Å². The fourth-order valence-corrected chi connectivity index (χ4v) is 6.45. The molecule has 0 spiro atoms. The first-order valence-corrected chi connectivity index (χ1v) is 13.6. The van der Waals surface area contributed by atoms with Crippen LogP contribution >= 0.6 is 0 Å². The largest absolute Gasteiger partial charge is 0.496 e. The van der Waals surface area contributed by atoms with Gasteiger partial charge >= 0.3 is 0 Å². The Bertz CT molecular complexity index is 754. The average Bonchev–Trinajstić information content (AvgIpc) is 3.14. The monoisotopic (exact) mass is 456 g/mol. The van der Waals surface area contributed by atoms with E-state index in [1.54, 1.807) is 7.11 Å². The minimum Gasteiger partial charge on any atom is -0.496 e. The zero-order chi connectivity index (χ0) is 23.0. The van der Waals surface area contributed by atoms with Crippen molar-refractivity contribution in [1.82, 2.24) is 0 Å². The maximum absolute atomic E-state index is 12.9. The van der Waals surface area contributed by atoms with Gasteiger partial charge in [-0.2, -0.15) is 0 Å². The van der Waals surface area contributed by atoms with Gasteiger partial charge in [-0.15, -0.1) is 0 Å². The van der Waals surface area contributed by atoms with Gasteiger partial charge in [-0.3, -0.25) is 4.79 Å². The lowest BCUT2D eigenvalue weighted by molar-refractivity contribution is -0.190. The van der Waals surface area contributed by atoms with Gasteiger partial charge in [0.05, 0.1) is 13.2 Å². The molecule has 1 aromatic carbocycles. The van der Waals surface area contributed by atoms with Crippen LogP contribution in [0, 0.1) is 17.8 Å². The third-order valence-electron chi connectivity index (χ3n) is 8.27. The summed E-state index contributed by atoms with van der Waals surface area (Å²) in [6, 6.07) is 6.39. The Kier molecular flexibility index (Phi) is 9.26. The van der Waals surface area contributed by atoms with Crippen molar-refractivity contribution in [2.75, 3.05) is 13.7 Å². The van der Waals surface area contributed by atoms with E-state index in [2.05, 4.69) is 25.1 Å². The Balaban J connectivity index is 1.27. The summed E-state index contributed by atoms with van der Waals surface area (Å²) in [6.07, 6.45) is 15.8. The Labute approximate surface area is 200 Å². The highest BCUT2D eigenvalue weighted by Gasteiger charge is 2.44. The lowest BCUT2D eigenvalue weighted by atomic mass is 9.73. The topological polar surface area (TPSA) is 44.8 Å². The summed E-state index contributed by atoms with van der Waals surface area (Å²) in [7, 11) is 1.75. The van der Waals surface area contributed by atoms with Gasteiger partial charge in [-0.05, 0) is 80.4 Å². The van der Waals surface area contributed by atoms with E-state index in [1.807, 2.05) is 0 Å². The Hall–Kier alpha value is -1.39. The smallest absolute Gasteiger partial charge is 0.157 e. The first-order chi connectivity index (χ1) is 16.2. The maximum atomic E-state index is 12.9. The third kappa shape index (κ3) is 6.39. The van der Waals surface area contributed by atoms with Crippen molar-refractivity contribution in [3.05, 3.63) is 29.3 Å². The molecular weight excluding hydrogens is 412 g/mol. The van der Waals surface area contributed by atoms with Gasteiger partial charge in [0.15, 0.2) is 6.29 Å². The number of rotatable bonds is 12. The molecule has 1 aromatic rings. The van der Waals surface area contributed by atoms with Crippen molar-refractivity contribution in [1.29, 1.82) is 0 Å². The van der Waals surface area contributed by atoms with Gasteiger partial charge in [0.2, 0.25) is 0 Å². The van der Waals surface area contributed by atoms with Crippen LogP contribution in [0.5, 0.6) is 5.75 Å². The van der Waals surface area contributed by atoms with Crippen LogP contribution in [0.25, 0.3) is 0 Å². The van der Waals surface area contributed by atoms with Gasteiger partial charge in [0.25, 0.3) is 0 Å². The molecule has 0 N–H and O–H groups in total. The molecule has 33 heavy (non-hydrogen) atoms. The predicted octanol–water partition coefficient (Wildman–Crippen LogP) is 6.67. The predicted molar refractivity (Wildman–Crippen MR) is 132 cm³/mol. The molecule has 0 aromatic heterocycles. The highest BCUT2D eigenvalue weighted by molar-refractivity contribution is 5.84. The van der Waals surface area contributed by atoms with Gasteiger partial charge in [0, 0.05) is 18.9 Å². The number of ketones is 1. The SMILES string of the molecule is CCCCC[C@@H](CCCCC1C(=O)C[C@@H]2Cc3c(cccc3OC)C[C@H]12)OC1CCCCO1. The third-order valence-corrected chi connectivity index (χ3v) is 8.27. The second-order valence-electron chi connectivity index (χ2n) is 10.5. The van der Waals surface area contributed by atoms with E-state index in [0.29, 0.717) is 23.7 Å². The molecule has 184 valence electrons. The van der Waals surface area contributed by atoms with Crippen molar-refractivity contribution in [2.45, 2.75) is 109 Å². The van der Waals surface area contributed by atoms with E-state index in [9.17, 15) is 4.79 Å². The zero-order valence-electron chi connectivity index (χ0n) is 20.9. The molecule has 1 saturated carbocycles.